The predicted octanol–water partition coefficient (Wildman–Crippen LogP) is 0.702. The number of esters is 2. The van der Waals surface area contributed by atoms with E-state index in [0.29, 0.717) is 5.90 Å². The first kappa shape index (κ1) is 16.1. The number of hydrogen-bond acceptors (Lipinski definition) is 8. The lowest BCUT2D eigenvalue weighted by Crippen LogP contribution is -2.59. The Bertz CT molecular complexity index is 544. The Balaban J connectivity index is 2.30. The average molecular weight is 312 g/mol. The molecule has 0 amide bonds. The van der Waals surface area contributed by atoms with Gasteiger partial charge in [-0.25, -0.2) is 4.99 Å². The van der Waals surface area contributed by atoms with Gasteiger partial charge in [0, 0.05) is 25.7 Å². The van der Waals surface area contributed by atoms with Gasteiger partial charge in [0.25, 0.3) is 0 Å². The molecule has 2 aliphatic heterocycles. The van der Waals surface area contributed by atoms with Crippen LogP contribution in [0.25, 0.3) is 10.4 Å². The summed E-state index contributed by atoms with van der Waals surface area (Å²) in [6, 6.07) is -0.643. The second kappa shape index (κ2) is 6.63. The van der Waals surface area contributed by atoms with Crippen molar-refractivity contribution in [2.24, 2.45) is 10.1 Å². The van der Waals surface area contributed by atoms with Crippen LogP contribution in [0.4, 0.5) is 0 Å². The SMILES string of the molecule is CC(=O)OC1C(CN=[N+]=[N-])OC2OC(C)=NC2C1OC(C)=O. The van der Waals surface area contributed by atoms with Gasteiger partial charge >= 0.3 is 11.9 Å². The molecule has 0 aromatic heterocycles. The first-order valence-electron chi connectivity index (χ1n) is 6.64. The Morgan fingerprint density at radius 3 is 2.55 bits per heavy atom. The maximum absolute atomic E-state index is 11.4. The minimum Gasteiger partial charge on any atom is -0.456 e. The summed E-state index contributed by atoms with van der Waals surface area (Å²) in [6.07, 6.45) is -3.40. The molecule has 5 unspecified atom stereocenters. The van der Waals surface area contributed by atoms with Gasteiger partial charge in [-0.3, -0.25) is 9.59 Å². The van der Waals surface area contributed by atoms with E-state index >= 15 is 0 Å². The molecule has 0 bridgehead atoms. The van der Waals surface area contributed by atoms with Crippen molar-refractivity contribution in [3.05, 3.63) is 10.4 Å². The van der Waals surface area contributed by atoms with Crippen LogP contribution in [0.5, 0.6) is 0 Å². The van der Waals surface area contributed by atoms with Crippen LogP contribution in [-0.2, 0) is 28.5 Å². The molecule has 0 spiro atoms. The summed E-state index contributed by atoms with van der Waals surface area (Å²) in [5, 5.41) is 3.43. The molecule has 120 valence electrons. The highest BCUT2D eigenvalue weighted by molar-refractivity contribution is 5.75. The van der Waals surface area contributed by atoms with E-state index in [1.807, 2.05) is 0 Å². The number of carbonyl (C=O) groups excluding carboxylic acids is 2. The molecule has 22 heavy (non-hydrogen) atoms. The quantitative estimate of drug-likeness (QED) is 0.325. The van der Waals surface area contributed by atoms with Crippen LogP contribution >= 0.6 is 0 Å². The molecule has 0 aromatic rings. The molecule has 0 aromatic carbocycles. The van der Waals surface area contributed by atoms with Gasteiger partial charge in [0.15, 0.2) is 24.1 Å². The van der Waals surface area contributed by atoms with Crippen molar-refractivity contribution < 1.29 is 28.5 Å². The summed E-state index contributed by atoms with van der Waals surface area (Å²) in [6.45, 7) is 4.00. The van der Waals surface area contributed by atoms with Crippen LogP contribution in [-0.4, -0.2) is 55.0 Å². The summed E-state index contributed by atoms with van der Waals surface area (Å²) in [5.41, 5.74) is 8.46. The van der Waals surface area contributed by atoms with E-state index in [4.69, 9.17) is 24.5 Å². The van der Waals surface area contributed by atoms with Crippen molar-refractivity contribution in [3.8, 4) is 0 Å². The van der Waals surface area contributed by atoms with Crippen molar-refractivity contribution in [2.75, 3.05) is 6.54 Å². The van der Waals surface area contributed by atoms with E-state index in [0.717, 1.165) is 0 Å². The van der Waals surface area contributed by atoms with Crippen molar-refractivity contribution in [3.63, 3.8) is 0 Å². The maximum Gasteiger partial charge on any atom is 0.303 e. The fourth-order valence-electron chi connectivity index (χ4n) is 2.46. The first-order chi connectivity index (χ1) is 10.4. The Morgan fingerprint density at radius 2 is 1.95 bits per heavy atom. The lowest BCUT2D eigenvalue weighted by atomic mass is 9.96. The summed E-state index contributed by atoms with van der Waals surface area (Å²) in [4.78, 5) is 29.6. The number of rotatable bonds is 4. The van der Waals surface area contributed by atoms with E-state index in [9.17, 15) is 9.59 Å². The third kappa shape index (κ3) is 3.46. The molecule has 5 atom stereocenters. The topological polar surface area (TPSA) is 132 Å². The predicted molar refractivity (Wildman–Crippen MR) is 71.8 cm³/mol. The lowest BCUT2D eigenvalue weighted by Gasteiger charge is -2.40. The smallest absolute Gasteiger partial charge is 0.303 e. The van der Waals surface area contributed by atoms with Gasteiger partial charge in [-0.15, -0.1) is 0 Å². The van der Waals surface area contributed by atoms with Gasteiger partial charge in [0.1, 0.15) is 6.10 Å². The number of fused-ring (bicyclic) bond motifs is 1. The van der Waals surface area contributed by atoms with E-state index in [2.05, 4.69) is 15.0 Å². The van der Waals surface area contributed by atoms with Crippen molar-refractivity contribution in [2.45, 2.75) is 51.4 Å². The first-order valence-corrected chi connectivity index (χ1v) is 6.64. The van der Waals surface area contributed by atoms with Crippen LogP contribution in [0.2, 0.25) is 0 Å². The molecule has 0 saturated carbocycles. The number of nitrogens with zero attached hydrogens (tertiary/aromatic N) is 4. The van der Waals surface area contributed by atoms with E-state index < -0.39 is 42.6 Å². The molecule has 1 saturated heterocycles. The monoisotopic (exact) mass is 312 g/mol. The third-order valence-corrected chi connectivity index (χ3v) is 3.16. The molecule has 2 heterocycles. The number of azide groups is 1. The second-order valence-corrected chi connectivity index (χ2v) is 4.86. The molecule has 2 aliphatic rings. The van der Waals surface area contributed by atoms with Crippen LogP contribution in [0.3, 0.4) is 0 Å². The molecule has 10 heteroatoms. The third-order valence-electron chi connectivity index (χ3n) is 3.16. The number of hydrogen-bond donors (Lipinski definition) is 0. The molecular weight excluding hydrogens is 296 g/mol. The van der Waals surface area contributed by atoms with Gasteiger partial charge in [-0.2, -0.15) is 0 Å². The fourth-order valence-corrected chi connectivity index (χ4v) is 2.46. The highest BCUT2D eigenvalue weighted by Gasteiger charge is 2.52. The molecule has 0 aliphatic carbocycles. The second-order valence-electron chi connectivity index (χ2n) is 4.86. The zero-order valence-corrected chi connectivity index (χ0v) is 12.3. The average Bonchev–Trinajstić information content (AvgIpc) is 2.79. The number of aliphatic imine (C=N–C) groups is 1. The minimum absolute atomic E-state index is 0.0994. The normalized spacial score (nSPS) is 32.9. The van der Waals surface area contributed by atoms with Gasteiger partial charge in [-0.1, -0.05) is 5.11 Å². The number of ether oxygens (including phenoxy) is 4. The zero-order chi connectivity index (χ0) is 16.3. The van der Waals surface area contributed by atoms with Gasteiger partial charge < -0.3 is 18.9 Å². The largest absolute Gasteiger partial charge is 0.456 e. The molecule has 0 radical (unpaired) electrons. The molecule has 2 rings (SSSR count). The lowest BCUT2D eigenvalue weighted by molar-refractivity contribution is -0.239. The summed E-state index contributed by atoms with van der Waals surface area (Å²) in [5.74, 6) is -0.752. The molecule has 0 N–H and O–H groups in total. The van der Waals surface area contributed by atoms with Crippen LogP contribution in [0.15, 0.2) is 10.1 Å². The molecular formula is C12H16N4O6. The van der Waals surface area contributed by atoms with Crippen LogP contribution < -0.4 is 0 Å². The number of carbonyl (C=O) groups is 2. The standard InChI is InChI=1S/C12H16N4O6/c1-5-15-9-11(21-7(3)18)10(20-6(2)17)8(4-14-16-13)22-12(9)19-5/h8-12H,4H2,1-3H3. The Labute approximate surface area is 126 Å². The fraction of sp³-hybridized carbons (Fsp3) is 0.750. The Morgan fingerprint density at radius 1 is 1.32 bits per heavy atom. The van der Waals surface area contributed by atoms with E-state index in [1.165, 1.54) is 13.8 Å². The summed E-state index contributed by atoms with van der Waals surface area (Å²) in [7, 11) is 0. The van der Waals surface area contributed by atoms with Crippen LogP contribution in [0.1, 0.15) is 20.8 Å². The highest BCUT2D eigenvalue weighted by atomic mass is 16.7. The highest BCUT2D eigenvalue weighted by Crippen LogP contribution is 2.32. The van der Waals surface area contributed by atoms with Crippen molar-refractivity contribution in [1.29, 1.82) is 0 Å². The van der Waals surface area contributed by atoms with Gasteiger partial charge in [0.05, 0.1) is 6.54 Å². The van der Waals surface area contributed by atoms with E-state index in [-0.39, 0.29) is 6.54 Å². The molecule has 10 nitrogen and oxygen atoms in total. The van der Waals surface area contributed by atoms with Gasteiger partial charge in [-0.05, 0) is 5.53 Å². The Kier molecular flexibility index (Phi) is 4.84. The summed E-state index contributed by atoms with van der Waals surface area (Å²) < 4.78 is 21.5. The van der Waals surface area contributed by atoms with Gasteiger partial charge in [0.2, 0.25) is 6.29 Å². The van der Waals surface area contributed by atoms with E-state index in [1.54, 1.807) is 6.92 Å². The minimum atomic E-state index is -0.939. The zero-order valence-electron chi connectivity index (χ0n) is 12.3. The van der Waals surface area contributed by atoms with Crippen molar-refractivity contribution >= 4 is 17.8 Å². The molecule has 1 fully saturated rings. The van der Waals surface area contributed by atoms with Crippen molar-refractivity contribution in [1.82, 2.24) is 0 Å². The van der Waals surface area contributed by atoms with Crippen LogP contribution in [0, 0.1) is 0 Å². The Hall–Kier alpha value is -2.32. The maximum atomic E-state index is 11.4. The summed E-state index contributed by atoms with van der Waals surface area (Å²) >= 11 is 0.